The largest absolute Gasteiger partial charge is 0.328 e. The van der Waals surface area contributed by atoms with Crippen LogP contribution < -0.4 is 5.32 Å². The predicted molar refractivity (Wildman–Crippen MR) is 108 cm³/mol. The molecule has 5 heteroatoms. The molecule has 0 saturated carbocycles. The summed E-state index contributed by atoms with van der Waals surface area (Å²) >= 11 is 0. The third-order valence-electron chi connectivity index (χ3n) is 4.37. The molecule has 2 heterocycles. The number of aromatic nitrogens is 2. The van der Waals surface area contributed by atoms with Crippen molar-refractivity contribution in [3.05, 3.63) is 42.1 Å². The molecule has 0 radical (unpaired) electrons. The number of hydrogen-bond donors (Lipinski definition) is 1. The van der Waals surface area contributed by atoms with Crippen LogP contribution in [0.5, 0.6) is 0 Å². The molecule has 1 aromatic heterocycles. The fourth-order valence-corrected chi connectivity index (χ4v) is 2.76. The fraction of sp³-hybridized carbons (Fsp3) is 0.476. The highest BCUT2D eigenvalue weighted by Crippen LogP contribution is 2.29. The van der Waals surface area contributed by atoms with Gasteiger partial charge in [-0.25, -0.2) is 9.98 Å². The maximum Gasteiger partial charge on any atom is 0.148 e. The van der Waals surface area contributed by atoms with E-state index in [-0.39, 0.29) is 17.0 Å². The van der Waals surface area contributed by atoms with Crippen molar-refractivity contribution in [1.82, 2.24) is 15.1 Å². The van der Waals surface area contributed by atoms with E-state index in [4.69, 9.17) is 9.98 Å². The Hall–Kier alpha value is -2.43. The normalized spacial score (nSPS) is 18.2. The SMILES string of the molecule is Cn1ccc(-c2cccc(C3=NC(C(C)(C)C)N=C(C(C)(C)C)N3)c2)n1. The van der Waals surface area contributed by atoms with Gasteiger partial charge in [-0.3, -0.25) is 4.68 Å². The first-order valence-corrected chi connectivity index (χ1v) is 9.07. The lowest BCUT2D eigenvalue weighted by molar-refractivity contribution is 0.325. The summed E-state index contributed by atoms with van der Waals surface area (Å²) in [4.78, 5) is 9.81. The lowest BCUT2D eigenvalue weighted by Gasteiger charge is -2.33. The van der Waals surface area contributed by atoms with Gasteiger partial charge in [-0.05, 0) is 12.1 Å². The van der Waals surface area contributed by atoms with E-state index < -0.39 is 0 Å². The molecule has 1 atom stereocenters. The first-order chi connectivity index (χ1) is 12.0. The van der Waals surface area contributed by atoms with Gasteiger partial charge in [0.25, 0.3) is 0 Å². The van der Waals surface area contributed by atoms with Crippen LogP contribution in [0.2, 0.25) is 0 Å². The number of rotatable bonds is 2. The molecular weight excluding hydrogens is 322 g/mol. The van der Waals surface area contributed by atoms with Crippen molar-refractivity contribution in [2.75, 3.05) is 0 Å². The highest BCUT2D eigenvalue weighted by Gasteiger charge is 2.32. The van der Waals surface area contributed by atoms with Crippen LogP contribution in [-0.4, -0.2) is 27.6 Å². The second kappa shape index (κ2) is 6.38. The molecule has 0 spiro atoms. The van der Waals surface area contributed by atoms with Crippen molar-refractivity contribution in [3.8, 4) is 11.3 Å². The molecule has 1 aliphatic heterocycles. The quantitative estimate of drug-likeness (QED) is 0.879. The van der Waals surface area contributed by atoms with E-state index in [0.717, 1.165) is 28.5 Å². The summed E-state index contributed by atoms with van der Waals surface area (Å²) in [7, 11) is 1.93. The lowest BCUT2D eigenvalue weighted by Crippen LogP contribution is -2.46. The summed E-state index contributed by atoms with van der Waals surface area (Å²) in [6, 6.07) is 10.4. The van der Waals surface area contributed by atoms with Gasteiger partial charge in [0.2, 0.25) is 0 Å². The van der Waals surface area contributed by atoms with E-state index in [9.17, 15) is 0 Å². The number of aliphatic imine (C=N–C) groups is 2. The summed E-state index contributed by atoms with van der Waals surface area (Å²) < 4.78 is 1.82. The lowest BCUT2D eigenvalue weighted by atomic mass is 9.89. The van der Waals surface area contributed by atoms with E-state index in [1.54, 1.807) is 0 Å². The second-order valence-electron chi connectivity index (χ2n) is 9.03. The minimum atomic E-state index is -0.105. The van der Waals surface area contributed by atoms with Crippen molar-refractivity contribution in [1.29, 1.82) is 0 Å². The molecule has 3 rings (SSSR count). The molecule has 0 bridgehead atoms. The Kier molecular flexibility index (Phi) is 4.51. The second-order valence-corrected chi connectivity index (χ2v) is 9.03. The van der Waals surface area contributed by atoms with Crippen LogP contribution in [0.25, 0.3) is 11.3 Å². The third kappa shape index (κ3) is 3.87. The minimum Gasteiger partial charge on any atom is -0.328 e. The van der Waals surface area contributed by atoms with Crippen LogP contribution in [-0.2, 0) is 7.05 Å². The Morgan fingerprint density at radius 2 is 1.65 bits per heavy atom. The van der Waals surface area contributed by atoms with Crippen molar-refractivity contribution in [2.45, 2.75) is 47.7 Å². The molecule has 1 aliphatic rings. The zero-order valence-electron chi connectivity index (χ0n) is 16.8. The Labute approximate surface area is 156 Å². The van der Waals surface area contributed by atoms with E-state index >= 15 is 0 Å². The third-order valence-corrected chi connectivity index (χ3v) is 4.37. The molecule has 0 fully saturated rings. The van der Waals surface area contributed by atoms with Gasteiger partial charge in [0.05, 0.1) is 5.69 Å². The average molecular weight is 351 g/mol. The number of hydrogen-bond acceptors (Lipinski definition) is 4. The van der Waals surface area contributed by atoms with Gasteiger partial charge in [0, 0.05) is 35.2 Å². The fourth-order valence-electron chi connectivity index (χ4n) is 2.76. The van der Waals surface area contributed by atoms with Gasteiger partial charge in [0.1, 0.15) is 17.8 Å². The Balaban J connectivity index is 2.01. The standard InChI is InChI=1S/C21H29N5/c1-20(2,3)18-22-17(23-19(24-18)21(4,5)6)15-10-8-9-14(13-15)16-11-12-26(7)25-16/h8-13,18H,1-7H3,(H,22,23,24). The number of benzene rings is 1. The summed E-state index contributed by atoms with van der Waals surface area (Å²) in [5, 5.41) is 7.98. The maximum absolute atomic E-state index is 4.92. The minimum absolute atomic E-state index is 0.0392. The van der Waals surface area contributed by atoms with Crippen LogP contribution in [0.1, 0.15) is 47.1 Å². The Morgan fingerprint density at radius 1 is 0.962 bits per heavy atom. The average Bonchev–Trinajstić information content (AvgIpc) is 2.99. The highest BCUT2D eigenvalue weighted by molar-refractivity contribution is 6.12. The number of amidine groups is 2. The van der Waals surface area contributed by atoms with Gasteiger partial charge < -0.3 is 5.32 Å². The molecular formula is C21H29N5. The molecule has 26 heavy (non-hydrogen) atoms. The first kappa shape index (κ1) is 18.4. The van der Waals surface area contributed by atoms with E-state index in [1.165, 1.54) is 0 Å². The van der Waals surface area contributed by atoms with E-state index in [1.807, 2.05) is 24.0 Å². The molecule has 0 aliphatic carbocycles. The molecule has 1 unspecified atom stereocenters. The highest BCUT2D eigenvalue weighted by atomic mass is 15.2. The first-order valence-electron chi connectivity index (χ1n) is 9.07. The molecule has 0 amide bonds. The predicted octanol–water partition coefficient (Wildman–Crippen LogP) is 4.25. The molecule has 138 valence electrons. The Morgan fingerprint density at radius 3 is 2.23 bits per heavy atom. The maximum atomic E-state index is 4.92. The van der Waals surface area contributed by atoms with Crippen molar-refractivity contribution >= 4 is 11.7 Å². The van der Waals surface area contributed by atoms with E-state index in [2.05, 4.69) is 76.2 Å². The number of nitrogens with one attached hydrogen (secondary N) is 1. The van der Waals surface area contributed by atoms with Crippen LogP contribution >= 0.6 is 0 Å². The molecule has 5 nitrogen and oxygen atoms in total. The van der Waals surface area contributed by atoms with E-state index in [0.29, 0.717) is 0 Å². The molecule has 2 aromatic rings. The summed E-state index contributed by atoms with van der Waals surface area (Å²) in [5.74, 6) is 1.85. The van der Waals surface area contributed by atoms with Gasteiger partial charge in [0.15, 0.2) is 0 Å². The smallest absolute Gasteiger partial charge is 0.148 e. The van der Waals surface area contributed by atoms with Gasteiger partial charge in [-0.2, -0.15) is 5.10 Å². The summed E-state index contributed by atoms with van der Waals surface area (Å²) in [6.07, 6.45) is 1.85. The zero-order valence-corrected chi connectivity index (χ0v) is 16.8. The zero-order chi connectivity index (χ0) is 19.1. The van der Waals surface area contributed by atoms with Crippen LogP contribution in [0, 0.1) is 10.8 Å². The van der Waals surface area contributed by atoms with Gasteiger partial charge in [-0.15, -0.1) is 0 Å². The molecule has 1 N–H and O–H groups in total. The molecule has 0 saturated heterocycles. The topological polar surface area (TPSA) is 54.6 Å². The van der Waals surface area contributed by atoms with Gasteiger partial charge in [-0.1, -0.05) is 59.7 Å². The van der Waals surface area contributed by atoms with Crippen LogP contribution in [0.15, 0.2) is 46.5 Å². The van der Waals surface area contributed by atoms with Crippen LogP contribution in [0.3, 0.4) is 0 Å². The summed E-state index contributed by atoms with van der Waals surface area (Å²) in [5.41, 5.74) is 2.99. The monoisotopic (exact) mass is 351 g/mol. The van der Waals surface area contributed by atoms with Crippen molar-refractivity contribution in [3.63, 3.8) is 0 Å². The number of nitrogens with zero attached hydrogens (tertiary/aromatic N) is 4. The van der Waals surface area contributed by atoms with Crippen molar-refractivity contribution in [2.24, 2.45) is 27.9 Å². The van der Waals surface area contributed by atoms with Crippen LogP contribution in [0.4, 0.5) is 0 Å². The van der Waals surface area contributed by atoms with Crippen molar-refractivity contribution < 1.29 is 0 Å². The Bertz CT molecular complexity index is 859. The molecule has 1 aromatic carbocycles. The summed E-state index contributed by atoms with van der Waals surface area (Å²) in [6.45, 7) is 13.1. The number of aryl methyl sites for hydroxylation is 1. The van der Waals surface area contributed by atoms with Gasteiger partial charge >= 0.3 is 0 Å².